The number of hydrogen-bond donors (Lipinski definition) is 1. The van der Waals surface area contributed by atoms with E-state index in [9.17, 15) is 0 Å². The van der Waals surface area contributed by atoms with Crippen molar-refractivity contribution in [3.8, 4) is 6.07 Å². The van der Waals surface area contributed by atoms with Crippen LogP contribution < -0.4 is 10.2 Å². The van der Waals surface area contributed by atoms with Crippen molar-refractivity contribution in [2.75, 3.05) is 23.8 Å². The van der Waals surface area contributed by atoms with Crippen LogP contribution in [-0.4, -0.2) is 23.6 Å². The molecular formula is C14H14BrN5. The number of halogens is 1. The van der Waals surface area contributed by atoms with E-state index >= 15 is 0 Å². The van der Waals surface area contributed by atoms with Crippen molar-refractivity contribution in [3.05, 3.63) is 41.0 Å². The number of aromatic nitrogens is 2. The molecule has 0 saturated heterocycles. The van der Waals surface area contributed by atoms with Crippen LogP contribution in [0.25, 0.3) is 0 Å². The summed E-state index contributed by atoms with van der Waals surface area (Å²) in [6.07, 6.45) is 2.12. The highest BCUT2D eigenvalue weighted by Crippen LogP contribution is 2.30. The average molecular weight is 332 g/mol. The van der Waals surface area contributed by atoms with Gasteiger partial charge in [-0.3, -0.25) is 0 Å². The molecule has 0 bridgehead atoms. The van der Waals surface area contributed by atoms with Gasteiger partial charge >= 0.3 is 0 Å². The van der Waals surface area contributed by atoms with E-state index in [1.807, 2.05) is 35.2 Å². The molecular weight excluding hydrogens is 318 g/mol. The van der Waals surface area contributed by atoms with Crippen LogP contribution in [0.5, 0.6) is 0 Å². The van der Waals surface area contributed by atoms with E-state index in [0.717, 1.165) is 16.0 Å². The molecule has 0 aliphatic heterocycles. The van der Waals surface area contributed by atoms with E-state index in [0.29, 0.717) is 18.9 Å². The highest BCUT2D eigenvalue weighted by Gasteiger charge is 2.15. The Morgan fingerprint density at radius 1 is 1.35 bits per heavy atom. The lowest BCUT2D eigenvalue weighted by atomic mass is 10.2. The van der Waals surface area contributed by atoms with Crippen LogP contribution in [-0.2, 0) is 0 Å². The summed E-state index contributed by atoms with van der Waals surface area (Å²) >= 11 is 3.47. The number of rotatable bonds is 5. The number of hydrogen-bond acceptors (Lipinski definition) is 5. The Bertz CT molecular complexity index is 609. The fraction of sp³-hybridized carbons (Fsp3) is 0.214. The van der Waals surface area contributed by atoms with Gasteiger partial charge in [0.05, 0.1) is 17.0 Å². The van der Waals surface area contributed by atoms with E-state index < -0.39 is 0 Å². The number of nitriles is 1. The molecule has 1 heterocycles. The first-order chi connectivity index (χ1) is 9.76. The first-order valence-corrected chi connectivity index (χ1v) is 6.95. The minimum Gasteiger partial charge on any atom is -0.357 e. The first-order valence-electron chi connectivity index (χ1n) is 6.16. The lowest BCUT2D eigenvalue weighted by Crippen LogP contribution is -2.20. The molecule has 0 saturated carbocycles. The van der Waals surface area contributed by atoms with Crippen LogP contribution in [0, 0.1) is 11.3 Å². The van der Waals surface area contributed by atoms with Gasteiger partial charge in [0.15, 0.2) is 5.82 Å². The number of nitrogens with one attached hydrogen (secondary N) is 1. The minimum absolute atomic E-state index is 0.417. The second kappa shape index (κ2) is 6.87. The lowest BCUT2D eigenvalue weighted by molar-refractivity contribution is 0.916. The SMILES string of the molecule is CNc1ncc(Br)c(N(CCC#N)c2ccccc2)n1. The van der Waals surface area contributed by atoms with Gasteiger partial charge in [0.1, 0.15) is 0 Å². The predicted octanol–water partition coefficient (Wildman–Crippen LogP) is 3.33. The third-order valence-electron chi connectivity index (χ3n) is 2.72. The van der Waals surface area contributed by atoms with Gasteiger partial charge in [0.25, 0.3) is 0 Å². The Balaban J connectivity index is 2.44. The summed E-state index contributed by atoms with van der Waals surface area (Å²) in [4.78, 5) is 10.6. The standard InChI is InChI=1S/C14H14BrN5/c1-17-14-18-10-12(15)13(19-14)20(9-5-8-16)11-6-3-2-4-7-11/h2-4,6-7,10H,5,9H2,1H3,(H,17,18,19). The van der Waals surface area contributed by atoms with Gasteiger partial charge in [-0.05, 0) is 28.1 Å². The summed E-state index contributed by atoms with van der Waals surface area (Å²) in [6, 6.07) is 12.0. The van der Waals surface area contributed by atoms with Crippen LogP contribution in [0.4, 0.5) is 17.5 Å². The Kier molecular flexibility index (Phi) is 4.91. The molecule has 1 aromatic heterocycles. The molecule has 1 aromatic carbocycles. The molecule has 6 heteroatoms. The van der Waals surface area contributed by atoms with E-state index in [1.165, 1.54) is 0 Å². The third kappa shape index (κ3) is 3.25. The van der Waals surface area contributed by atoms with Crippen LogP contribution >= 0.6 is 15.9 Å². The van der Waals surface area contributed by atoms with Crippen molar-refractivity contribution in [3.63, 3.8) is 0 Å². The van der Waals surface area contributed by atoms with Crippen LogP contribution in [0.2, 0.25) is 0 Å². The predicted molar refractivity (Wildman–Crippen MR) is 83.0 cm³/mol. The van der Waals surface area contributed by atoms with Crippen molar-refractivity contribution in [1.29, 1.82) is 5.26 Å². The summed E-state index contributed by atoms with van der Waals surface area (Å²) in [7, 11) is 1.77. The molecule has 2 rings (SSSR count). The fourth-order valence-corrected chi connectivity index (χ4v) is 2.20. The molecule has 0 amide bonds. The van der Waals surface area contributed by atoms with Gasteiger partial charge in [0.2, 0.25) is 5.95 Å². The highest BCUT2D eigenvalue weighted by atomic mass is 79.9. The average Bonchev–Trinajstić information content (AvgIpc) is 2.50. The molecule has 0 aliphatic carbocycles. The maximum Gasteiger partial charge on any atom is 0.224 e. The zero-order valence-electron chi connectivity index (χ0n) is 11.0. The Hall–Kier alpha value is -2.13. The molecule has 1 N–H and O–H groups in total. The Morgan fingerprint density at radius 3 is 2.75 bits per heavy atom. The van der Waals surface area contributed by atoms with Gasteiger partial charge in [-0.1, -0.05) is 18.2 Å². The third-order valence-corrected chi connectivity index (χ3v) is 3.28. The number of benzene rings is 1. The van der Waals surface area contributed by atoms with Crippen LogP contribution in [0.3, 0.4) is 0 Å². The second-order valence-electron chi connectivity index (χ2n) is 4.01. The van der Waals surface area contributed by atoms with E-state index in [2.05, 4.69) is 37.3 Å². The minimum atomic E-state index is 0.417. The topological polar surface area (TPSA) is 64.8 Å². The van der Waals surface area contributed by atoms with Gasteiger partial charge in [-0.25, -0.2) is 4.98 Å². The monoisotopic (exact) mass is 331 g/mol. The molecule has 0 spiro atoms. The molecule has 0 atom stereocenters. The summed E-state index contributed by atoms with van der Waals surface area (Å²) in [6.45, 7) is 0.569. The zero-order chi connectivity index (χ0) is 14.4. The molecule has 0 radical (unpaired) electrons. The van der Waals surface area contributed by atoms with Crippen molar-refractivity contribution >= 4 is 33.4 Å². The largest absolute Gasteiger partial charge is 0.357 e. The van der Waals surface area contributed by atoms with Crippen molar-refractivity contribution < 1.29 is 0 Å². The zero-order valence-corrected chi connectivity index (χ0v) is 12.6. The van der Waals surface area contributed by atoms with Gasteiger partial charge < -0.3 is 10.2 Å². The highest BCUT2D eigenvalue weighted by molar-refractivity contribution is 9.10. The number of nitrogens with zero attached hydrogens (tertiary/aromatic N) is 4. The van der Waals surface area contributed by atoms with Gasteiger partial charge in [0, 0.05) is 25.5 Å². The van der Waals surface area contributed by atoms with Crippen LogP contribution in [0.1, 0.15) is 6.42 Å². The smallest absolute Gasteiger partial charge is 0.224 e. The van der Waals surface area contributed by atoms with E-state index in [1.54, 1.807) is 13.2 Å². The summed E-state index contributed by atoms with van der Waals surface area (Å²) in [5, 5.41) is 11.8. The van der Waals surface area contributed by atoms with E-state index in [4.69, 9.17) is 5.26 Å². The molecule has 102 valence electrons. The fourth-order valence-electron chi connectivity index (χ4n) is 1.79. The second-order valence-corrected chi connectivity index (χ2v) is 4.86. The molecule has 0 fully saturated rings. The summed E-state index contributed by atoms with van der Waals surface area (Å²) < 4.78 is 0.790. The molecule has 0 aliphatic rings. The Labute approximate surface area is 126 Å². The number of anilines is 3. The maximum absolute atomic E-state index is 8.85. The first kappa shape index (κ1) is 14.3. The molecule has 20 heavy (non-hydrogen) atoms. The molecule has 5 nitrogen and oxygen atoms in total. The van der Waals surface area contributed by atoms with Crippen molar-refractivity contribution in [2.45, 2.75) is 6.42 Å². The summed E-state index contributed by atoms with van der Waals surface area (Å²) in [5.74, 6) is 1.28. The quantitative estimate of drug-likeness (QED) is 0.910. The van der Waals surface area contributed by atoms with Crippen LogP contribution in [0.15, 0.2) is 41.0 Å². The van der Waals surface area contributed by atoms with Crippen molar-refractivity contribution in [1.82, 2.24) is 9.97 Å². The summed E-state index contributed by atoms with van der Waals surface area (Å²) in [5.41, 5.74) is 0.990. The maximum atomic E-state index is 8.85. The lowest BCUT2D eigenvalue weighted by Gasteiger charge is -2.24. The van der Waals surface area contributed by atoms with Crippen molar-refractivity contribution in [2.24, 2.45) is 0 Å². The Morgan fingerprint density at radius 2 is 2.10 bits per heavy atom. The molecule has 0 unspecified atom stereocenters. The molecule has 2 aromatic rings. The normalized spacial score (nSPS) is 9.85. The van der Waals surface area contributed by atoms with Gasteiger partial charge in [-0.15, -0.1) is 0 Å². The number of para-hydroxylation sites is 1. The van der Waals surface area contributed by atoms with Gasteiger partial charge in [-0.2, -0.15) is 10.2 Å². The van der Waals surface area contributed by atoms with E-state index in [-0.39, 0.29) is 0 Å².